The molecule has 0 unspecified atom stereocenters. The smallest absolute Gasteiger partial charge is 0.164 e. The molecule has 4 aromatic heterocycles. The van der Waals surface area contributed by atoms with Gasteiger partial charge in [0.2, 0.25) is 0 Å². The molecule has 0 aliphatic carbocycles. The summed E-state index contributed by atoms with van der Waals surface area (Å²) in [6, 6.07) is 122. The molecule has 18 aromatic rings. The first-order valence-electron chi connectivity index (χ1n) is 33.4. The molecule has 0 fully saturated rings. The zero-order chi connectivity index (χ0) is 66.6. The molecule has 14 aromatic carbocycles. The summed E-state index contributed by atoms with van der Waals surface area (Å²) in [6.45, 7) is 0. The van der Waals surface area contributed by atoms with E-state index >= 15 is 0 Å². The molecule has 0 atom stereocenters. The average Bonchev–Trinajstić information content (AvgIpc) is 0.816. The molecule has 0 aliphatic heterocycles. The fourth-order valence-electron chi connectivity index (χ4n) is 13.2. The summed E-state index contributed by atoms with van der Waals surface area (Å²) in [7, 11) is 0. The molecule has 0 saturated carbocycles. The predicted octanol–water partition coefficient (Wildman–Crippen LogP) is 23.2. The van der Waals surface area contributed by atoms with Gasteiger partial charge >= 0.3 is 0 Å². The SMILES string of the molecule is c1ccc(-c2ccc(-c3nc(-c4ccc(-c5ccccc5)cc4)nc(-c4ccc(-c5nccc6ccccc56)cc4)n3)cc2)cc1.c1ccc2c(-c3ccc(-c4nc(-c5ccc(-c6cccc7ccccc67)cc5)nc(-c5ccc(-c6nccc7ccccc67)cc5)n4)cc3)cccc2c1. The Bertz CT molecular complexity index is 5510. The molecule has 8 heteroatoms. The average molecular weight is 1280 g/mol. The number of hydrogen-bond acceptors (Lipinski definition) is 8. The number of rotatable bonds is 12. The Balaban J connectivity index is 0.000000152. The zero-order valence-corrected chi connectivity index (χ0v) is 54.2. The highest BCUT2D eigenvalue weighted by molar-refractivity contribution is 5.99. The van der Waals surface area contributed by atoms with E-state index in [9.17, 15) is 0 Å². The van der Waals surface area contributed by atoms with E-state index in [1.807, 2.05) is 36.7 Å². The van der Waals surface area contributed by atoms with Crippen molar-refractivity contribution < 1.29 is 0 Å². The maximum Gasteiger partial charge on any atom is 0.164 e. The van der Waals surface area contributed by atoms with Gasteiger partial charge in [-0.1, -0.05) is 340 Å². The molecule has 0 radical (unpaired) electrons. The summed E-state index contributed by atoms with van der Waals surface area (Å²) in [4.78, 5) is 39.6. The molecule has 0 N–H and O–H groups in total. The summed E-state index contributed by atoms with van der Waals surface area (Å²) < 4.78 is 0. The fraction of sp³-hybridized carbons (Fsp3) is 0. The lowest BCUT2D eigenvalue weighted by atomic mass is 9.97. The molecule has 0 saturated heterocycles. The Labute approximate surface area is 579 Å². The monoisotopic (exact) mass is 1280 g/mol. The van der Waals surface area contributed by atoms with Crippen LogP contribution < -0.4 is 0 Å². The molecule has 0 spiro atoms. The van der Waals surface area contributed by atoms with Crippen LogP contribution >= 0.6 is 0 Å². The minimum absolute atomic E-state index is 0.615. The van der Waals surface area contributed by atoms with Crippen molar-refractivity contribution in [2.75, 3.05) is 0 Å². The quantitative estimate of drug-likeness (QED) is 0.119. The van der Waals surface area contributed by atoms with Crippen molar-refractivity contribution in [1.29, 1.82) is 0 Å². The third-order valence-electron chi connectivity index (χ3n) is 18.4. The van der Waals surface area contributed by atoms with Gasteiger partial charge in [0.1, 0.15) is 0 Å². The molecule has 100 heavy (non-hydrogen) atoms. The van der Waals surface area contributed by atoms with Crippen molar-refractivity contribution in [1.82, 2.24) is 39.9 Å². The van der Waals surface area contributed by atoms with Gasteiger partial charge in [0.15, 0.2) is 34.9 Å². The van der Waals surface area contributed by atoms with Crippen molar-refractivity contribution >= 4 is 43.1 Å². The first-order valence-corrected chi connectivity index (χ1v) is 33.4. The molecule has 0 aliphatic rings. The third kappa shape index (κ3) is 12.3. The molecule has 8 nitrogen and oxygen atoms in total. The van der Waals surface area contributed by atoms with Crippen LogP contribution in [0.25, 0.3) is 178 Å². The van der Waals surface area contributed by atoms with Crippen LogP contribution in [-0.2, 0) is 0 Å². The second-order valence-corrected chi connectivity index (χ2v) is 24.6. The number of fused-ring (bicyclic) bond motifs is 4. The normalized spacial score (nSPS) is 11.2. The molecule has 0 bridgehead atoms. The van der Waals surface area contributed by atoms with Gasteiger partial charge in [-0.05, 0) is 89.0 Å². The Morgan fingerprint density at radius 2 is 0.360 bits per heavy atom. The summed E-state index contributed by atoms with van der Waals surface area (Å²) in [6.07, 6.45) is 3.73. The minimum atomic E-state index is 0.615. The van der Waals surface area contributed by atoms with Crippen molar-refractivity contribution in [2.45, 2.75) is 0 Å². The first kappa shape index (κ1) is 60.1. The van der Waals surface area contributed by atoms with E-state index in [0.29, 0.717) is 34.9 Å². The number of aromatic nitrogens is 8. The molecule has 0 amide bonds. The van der Waals surface area contributed by atoms with E-state index in [4.69, 9.17) is 39.9 Å². The zero-order valence-electron chi connectivity index (χ0n) is 54.2. The molecular formula is C92H60N8. The Morgan fingerprint density at radius 3 is 0.670 bits per heavy atom. The topological polar surface area (TPSA) is 103 Å². The van der Waals surface area contributed by atoms with E-state index in [1.165, 1.54) is 49.2 Å². The number of nitrogens with zero attached hydrogens (tertiary/aromatic N) is 8. The Kier molecular flexibility index (Phi) is 16.2. The standard InChI is InChI=1S/C50H32N4.C42H28N4/c1-4-14-42-33(9-1)12-7-17-44(42)36-19-25-39(26-20-36)48-52-49(40-27-21-37(22-28-40)45-18-8-13-34-10-2-5-15-43(34)45)54-50(53-48)41-29-23-38(24-30-41)47-46-16-6-3-11-35(46)31-32-51-47;1-3-9-29(10-4-1)31-15-21-35(22-16-31)40-44-41(36-23-17-32(18-24-36)30-11-5-2-6-12-30)46-42(45-40)37-25-19-34(20-26-37)39-38-14-8-7-13-33(38)27-28-43-39/h1-32H;1-28H. The first-order chi connectivity index (χ1) is 49.5. The third-order valence-corrected chi connectivity index (χ3v) is 18.4. The molecular weight excluding hydrogens is 1220 g/mol. The molecule has 468 valence electrons. The van der Waals surface area contributed by atoms with Gasteiger partial charge in [-0.2, -0.15) is 0 Å². The number of benzene rings is 14. The Morgan fingerprint density at radius 1 is 0.140 bits per heavy atom. The summed E-state index contributed by atoms with van der Waals surface area (Å²) in [5.41, 5.74) is 18.8. The van der Waals surface area contributed by atoms with E-state index in [2.05, 4.69) is 328 Å². The van der Waals surface area contributed by atoms with Gasteiger partial charge in [0.25, 0.3) is 0 Å². The molecule has 4 heterocycles. The van der Waals surface area contributed by atoms with Gasteiger partial charge in [0, 0.05) is 67.7 Å². The van der Waals surface area contributed by atoms with E-state index in [1.54, 1.807) is 0 Å². The molecule has 18 rings (SSSR count). The summed E-state index contributed by atoms with van der Waals surface area (Å²) in [5.74, 6) is 3.74. The second kappa shape index (κ2) is 26.9. The van der Waals surface area contributed by atoms with E-state index < -0.39 is 0 Å². The highest BCUT2D eigenvalue weighted by Gasteiger charge is 2.18. The van der Waals surface area contributed by atoms with Crippen LogP contribution in [0, 0.1) is 0 Å². The van der Waals surface area contributed by atoms with Crippen LogP contribution in [-0.4, -0.2) is 39.9 Å². The van der Waals surface area contributed by atoms with E-state index in [0.717, 1.165) is 94.3 Å². The van der Waals surface area contributed by atoms with Gasteiger partial charge in [-0.15, -0.1) is 0 Å². The van der Waals surface area contributed by atoms with Gasteiger partial charge < -0.3 is 0 Å². The highest BCUT2D eigenvalue weighted by atomic mass is 15.0. The van der Waals surface area contributed by atoms with Crippen molar-refractivity contribution in [2.24, 2.45) is 0 Å². The minimum Gasteiger partial charge on any atom is -0.256 e. The van der Waals surface area contributed by atoms with Crippen molar-refractivity contribution in [3.63, 3.8) is 0 Å². The van der Waals surface area contributed by atoms with Crippen LogP contribution in [0.4, 0.5) is 0 Å². The highest BCUT2D eigenvalue weighted by Crippen LogP contribution is 2.37. The lowest BCUT2D eigenvalue weighted by molar-refractivity contribution is 1.07. The number of pyridine rings is 2. The van der Waals surface area contributed by atoms with Crippen LogP contribution in [0.3, 0.4) is 0 Å². The maximum absolute atomic E-state index is 5.07. The van der Waals surface area contributed by atoms with Crippen molar-refractivity contribution in [3.05, 3.63) is 364 Å². The largest absolute Gasteiger partial charge is 0.256 e. The summed E-state index contributed by atoms with van der Waals surface area (Å²) >= 11 is 0. The Hall–Kier alpha value is -13.6. The van der Waals surface area contributed by atoms with Crippen LogP contribution in [0.5, 0.6) is 0 Å². The van der Waals surface area contributed by atoms with Crippen LogP contribution in [0.2, 0.25) is 0 Å². The van der Waals surface area contributed by atoms with Gasteiger partial charge in [-0.25, -0.2) is 29.9 Å². The van der Waals surface area contributed by atoms with E-state index in [-0.39, 0.29) is 0 Å². The number of hydrogen-bond donors (Lipinski definition) is 0. The van der Waals surface area contributed by atoms with Crippen LogP contribution in [0.15, 0.2) is 364 Å². The summed E-state index contributed by atoms with van der Waals surface area (Å²) in [5, 5.41) is 9.48. The van der Waals surface area contributed by atoms with Gasteiger partial charge in [0.05, 0.1) is 11.4 Å². The second-order valence-electron chi connectivity index (χ2n) is 24.6. The maximum atomic E-state index is 5.07. The lowest BCUT2D eigenvalue weighted by Gasteiger charge is -2.11. The van der Waals surface area contributed by atoms with Crippen molar-refractivity contribution in [3.8, 4) is 135 Å². The lowest BCUT2D eigenvalue weighted by Crippen LogP contribution is -2.00. The van der Waals surface area contributed by atoms with Gasteiger partial charge in [-0.3, -0.25) is 9.97 Å². The predicted molar refractivity (Wildman–Crippen MR) is 411 cm³/mol. The fourth-order valence-corrected chi connectivity index (χ4v) is 13.2. The van der Waals surface area contributed by atoms with Crippen LogP contribution in [0.1, 0.15) is 0 Å².